The molecular formula is C14H16N2OS. The zero-order valence-electron chi connectivity index (χ0n) is 10.1. The molecule has 0 unspecified atom stereocenters. The molecule has 1 N–H and O–H groups in total. The van der Waals surface area contributed by atoms with Crippen LogP contribution in [0.3, 0.4) is 0 Å². The summed E-state index contributed by atoms with van der Waals surface area (Å²) in [4.78, 5) is 4.22. The first-order valence-electron chi connectivity index (χ1n) is 5.79. The van der Waals surface area contributed by atoms with Crippen molar-refractivity contribution in [1.29, 1.82) is 0 Å². The van der Waals surface area contributed by atoms with Crippen molar-refractivity contribution in [3.8, 4) is 5.75 Å². The van der Waals surface area contributed by atoms with Gasteiger partial charge in [-0.25, -0.2) is 4.98 Å². The number of ether oxygens (including phenoxy) is 1. The molecule has 0 aliphatic heterocycles. The molecular weight excluding hydrogens is 244 g/mol. The van der Waals surface area contributed by atoms with Gasteiger partial charge in [0.25, 0.3) is 0 Å². The molecule has 2 aromatic rings. The highest BCUT2D eigenvalue weighted by Gasteiger charge is 1.97. The molecule has 0 saturated heterocycles. The first kappa shape index (κ1) is 12.8. The average Bonchev–Trinajstić information content (AvgIpc) is 2.91. The Morgan fingerprint density at radius 1 is 1.28 bits per heavy atom. The van der Waals surface area contributed by atoms with Crippen molar-refractivity contribution in [2.75, 3.05) is 6.61 Å². The van der Waals surface area contributed by atoms with Gasteiger partial charge in [0, 0.05) is 18.5 Å². The molecule has 0 radical (unpaired) electrons. The summed E-state index contributed by atoms with van der Waals surface area (Å²) in [6.45, 7) is 5.80. The number of hydrogen-bond acceptors (Lipinski definition) is 4. The van der Waals surface area contributed by atoms with Gasteiger partial charge in [0.1, 0.15) is 12.4 Å². The zero-order chi connectivity index (χ0) is 12.6. The number of benzene rings is 1. The third-order valence-electron chi connectivity index (χ3n) is 2.41. The van der Waals surface area contributed by atoms with Gasteiger partial charge in [-0.15, -0.1) is 11.3 Å². The minimum Gasteiger partial charge on any atom is -0.490 e. The van der Waals surface area contributed by atoms with Crippen LogP contribution in [-0.4, -0.2) is 11.6 Å². The van der Waals surface area contributed by atoms with Crippen LogP contribution in [-0.2, 0) is 13.1 Å². The lowest BCUT2D eigenvalue weighted by atomic mass is 10.2. The molecule has 0 aliphatic rings. The van der Waals surface area contributed by atoms with Crippen LogP contribution in [0.25, 0.3) is 0 Å². The molecule has 0 atom stereocenters. The predicted molar refractivity (Wildman–Crippen MR) is 74.8 cm³/mol. The molecule has 1 aromatic heterocycles. The van der Waals surface area contributed by atoms with E-state index in [9.17, 15) is 0 Å². The van der Waals surface area contributed by atoms with E-state index in [1.54, 1.807) is 17.4 Å². The van der Waals surface area contributed by atoms with Gasteiger partial charge in [0.15, 0.2) is 0 Å². The lowest BCUT2D eigenvalue weighted by Gasteiger charge is -2.06. The molecule has 0 amide bonds. The molecule has 18 heavy (non-hydrogen) atoms. The summed E-state index contributed by atoms with van der Waals surface area (Å²) in [5, 5.41) is 5.41. The molecule has 2 rings (SSSR count). The average molecular weight is 260 g/mol. The van der Waals surface area contributed by atoms with E-state index in [1.807, 2.05) is 17.6 Å². The van der Waals surface area contributed by atoms with E-state index in [2.05, 4.69) is 34.4 Å². The van der Waals surface area contributed by atoms with Crippen molar-refractivity contribution < 1.29 is 4.74 Å². The van der Waals surface area contributed by atoms with Crippen molar-refractivity contribution >= 4 is 11.3 Å². The quantitative estimate of drug-likeness (QED) is 0.777. The van der Waals surface area contributed by atoms with Gasteiger partial charge >= 0.3 is 0 Å². The molecule has 3 nitrogen and oxygen atoms in total. The van der Waals surface area contributed by atoms with E-state index in [0.717, 1.165) is 24.5 Å². The van der Waals surface area contributed by atoms with Crippen LogP contribution >= 0.6 is 11.3 Å². The molecule has 4 heteroatoms. The zero-order valence-corrected chi connectivity index (χ0v) is 11.0. The summed E-state index contributed by atoms with van der Waals surface area (Å²) in [7, 11) is 0. The fraction of sp³-hybridized carbons (Fsp3) is 0.214. The third kappa shape index (κ3) is 3.98. The first-order valence-corrected chi connectivity index (χ1v) is 6.73. The second-order valence-electron chi connectivity index (χ2n) is 3.83. The van der Waals surface area contributed by atoms with Gasteiger partial charge in [-0.2, -0.15) is 0 Å². The minimum absolute atomic E-state index is 0.543. The second kappa shape index (κ2) is 6.93. The Hall–Kier alpha value is -1.65. The van der Waals surface area contributed by atoms with Crippen molar-refractivity contribution in [3.05, 3.63) is 59.1 Å². The van der Waals surface area contributed by atoms with Crippen LogP contribution in [0.15, 0.2) is 47.8 Å². The standard InChI is InChI=1S/C14H16N2OS/c1-2-7-17-14-5-3-12(4-6-14)8-15-9-13-10-18-11-16-13/h2-6,10-11,15H,1,7-9H2. The monoisotopic (exact) mass is 260 g/mol. The van der Waals surface area contributed by atoms with Gasteiger partial charge in [0.2, 0.25) is 0 Å². The lowest BCUT2D eigenvalue weighted by Crippen LogP contribution is -2.12. The van der Waals surface area contributed by atoms with Crippen molar-refractivity contribution in [2.24, 2.45) is 0 Å². The Morgan fingerprint density at radius 3 is 2.78 bits per heavy atom. The van der Waals surface area contributed by atoms with E-state index >= 15 is 0 Å². The van der Waals surface area contributed by atoms with Crippen LogP contribution in [0.5, 0.6) is 5.75 Å². The maximum atomic E-state index is 5.43. The number of rotatable bonds is 7. The second-order valence-corrected chi connectivity index (χ2v) is 4.55. The SMILES string of the molecule is C=CCOc1ccc(CNCc2cscn2)cc1. The Morgan fingerprint density at radius 2 is 2.11 bits per heavy atom. The highest BCUT2D eigenvalue weighted by molar-refractivity contribution is 7.07. The summed E-state index contributed by atoms with van der Waals surface area (Å²) in [6.07, 6.45) is 1.74. The van der Waals surface area contributed by atoms with Gasteiger partial charge in [-0.1, -0.05) is 24.8 Å². The topological polar surface area (TPSA) is 34.1 Å². The predicted octanol–water partition coefficient (Wildman–Crippen LogP) is 3.00. The number of nitrogens with zero attached hydrogens (tertiary/aromatic N) is 1. The largest absolute Gasteiger partial charge is 0.490 e. The molecule has 0 aliphatic carbocycles. The summed E-state index contributed by atoms with van der Waals surface area (Å²) in [5.74, 6) is 0.873. The molecule has 0 fully saturated rings. The van der Waals surface area contributed by atoms with E-state index in [4.69, 9.17) is 4.74 Å². The van der Waals surface area contributed by atoms with Crippen LogP contribution in [0.4, 0.5) is 0 Å². The fourth-order valence-corrected chi connectivity index (χ4v) is 2.08. The normalized spacial score (nSPS) is 10.2. The van der Waals surface area contributed by atoms with Crippen LogP contribution < -0.4 is 10.1 Å². The van der Waals surface area contributed by atoms with Crippen LogP contribution in [0, 0.1) is 0 Å². The van der Waals surface area contributed by atoms with Crippen molar-refractivity contribution in [1.82, 2.24) is 10.3 Å². The van der Waals surface area contributed by atoms with Gasteiger partial charge in [-0.05, 0) is 17.7 Å². The third-order valence-corrected chi connectivity index (χ3v) is 3.05. The minimum atomic E-state index is 0.543. The van der Waals surface area contributed by atoms with Gasteiger partial charge in [0.05, 0.1) is 11.2 Å². The summed E-state index contributed by atoms with van der Waals surface area (Å²) in [5.41, 5.74) is 4.17. The Balaban J connectivity index is 1.77. The highest BCUT2D eigenvalue weighted by atomic mass is 32.1. The fourth-order valence-electron chi connectivity index (χ4n) is 1.52. The highest BCUT2D eigenvalue weighted by Crippen LogP contribution is 2.12. The number of aromatic nitrogens is 1. The number of nitrogens with one attached hydrogen (secondary N) is 1. The smallest absolute Gasteiger partial charge is 0.119 e. The maximum Gasteiger partial charge on any atom is 0.119 e. The van der Waals surface area contributed by atoms with Gasteiger partial charge in [-0.3, -0.25) is 0 Å². The number of thiazole rings is 1. The Bertz CT molecular complexity index is 465. The van der Waals surface area contributed by atoms with Crippen molar-refractivity contribution in [3.63, 3.8) is 0 Å². The molecule has 94 valence electrons. The van der Waals surface area contributed by atoms with Crippen LogP contribution in [0.1, 0.15) is 11.3 Å². The molecule has 0 saturated carbocycles. The summed E-state index contributed by atoms with van der Waals surface area (Å²) < 4.78 is 5.43. The summed E-state index contributed by atoms with van der Waals surface area (Å²) >= 11 is 1.62. The molecule has 0 spiro atoms. The summed E-state index contributed by atoms with van der Waals surface area (Å²) in [6, 6.07) is 8.08. The molecule has 1 heterocycles. The number of hydrogen-bond donors (Lipinski definition) is 1. The van der Waals surface area contributed by atoms with E-state index < -0.39 is 0 Å². The lowest BCUT2D eigenvalue weighted by molar-refractivity contribution is 0.363. The Labute approximate surface area is 111 Å². The van der Waals surface area contributed by atoms with Crippen LogP contribution in [0.2, 0.25) is 0 Å². The maximum absolute atomic E-state index is 5.43. The molecule has 1 aromatic carbocycles. The molecule has 0 bridgehead atoms. The van der Waals surface area contributed by atoms with Crippen molar-refractivity contribution in [2.45, 2.75) is 13.1 Å². The van der Waals surface area contributed by atoms with E-state index in [0.29, 0.717) is 6.61 Å². The first-order chi connectivity index (χ1) is 8.88. The Kier molecular flexibility index (Phi) is 4.93. The van der Waals surface area contributed by atoms with Gasteiger partial charge < -0.3 is 10.1 Å². The van der Waals surface area contributed by atoms with E-state index in [1.165, 1.54) is 5.56 Å². The van der Waals surface area contributed by atoms with E-state index in [-0.39, 0.29) is 0 Å².